The van der Waals surface area contributed by atoms with Crippen LogP contribution in [0, 0.1) is 6.92 Å². The van der Waals surface area contributed by atoms with Gasteiger partial charge in [0.15, 0.2) is 0 Å². The third-order valence-corrected chi connectivity index (χ3v) is 8.05. The number of hydrogen-bond donors (Lipinski definition) is 1. The Bertz CT molecular complexity index is 1160. The molecule has 0 aromatic heterocycles. The van der Waals surface area contributed by atoms with Crippen LogP contribution in [0.2, 0.25) is 0 Å². The zero-order chi connectivity index (χ0) is 27.5. The Labute approximate surface area is 237 Å². The highest BCUT2D eigenvalue weighted by Crippen LogP contribution is 2.31. The smallest absolute Gasteiger partial charge is 0.322 e. The summed E-state index contributed by atoms with van der Waals surface area (Å²) in [4.78, 5) is 18.9. The van der Waals surface area contributed by atoms with Crippen LogP contribution in [0.1, 0.15) is 29.0 Å². The van der Waals surface area contributed by atoms with E-state index in [1.165, 1.54) is 22.9 Å². The minimum Gasteiger partial charge on any atom is -0.497 e. The van der Waals surface area contributed by atoms with Crippen molar-refractivity contribution in [3.8, 4) is 5.75 Å². The molecule has 4 rings (SSSR count). The number of amides is 2. The van der Waals surface area contributed by atoms with Crippen molar-refractivity contribution in [3.05, 3.63) is 107 Å². The fourth-order valence-electron chi connectivity index (χ4n) is 4.76. The highest BCUT2D eigenvalue weighted by atomic mass is 32.2. The van der Waals surface area contributed by atoms with Gasteiger partial charge in [-0.3, -0.25) is 4.90 Å². The first kappa shape index (κ1) is 28.7. The first-order valence-corrected chi connectivity index (χ1v) is 14.3. The van der Waals surface area contributed by atoms with Crippen LogP contribution in [0.4, 0.5) is 4.79 Å². The van der Waals surface area contributed by atoms with E-state index in [-0.39, 0.29) is 11.9 Å². The van der Waals surface area contributed by atoms with Crippen molar-refractivity contribution in [3.63, 3.8) is 0 Å². The number of thioether (sulfide) groups is 1. The van der Waals surface area contributed by atoms with Gasteiger partial charge in [-0.1, -0.05) is 85.1 Å². The molecule has 3 aromatic rings. The number of carbonyl (C=O) groups is 1. The standard InChI is InChI=1S/C32H39N3O3S/c1-25-14-15-29(37-3)24-31(25)39-26(2)33-32(36)35(19-18-34-20-22-38-23-21-34)17-16-30(27-10-6-4-7-11-27)28-12-8-5-9-13-28/h4-15,24,30H,2,16-23H2,1,3H3,(H,33,36). The Morgan fingerprint density at radius 1 is 1.03 bits per heavy atom. The lowest BCUT2D eigenvalue weighted by molar-refractivity contribution is 0.0349. The maximum atomic E-state index is 13.6. The van der Waals surface area contributed by atoms with Gasteiger partial charge in [-0.15, -0.1) is 0 Å². The summed E-state index contributed by atoms with van der Waals surface area (Å²) in [6, 6.07) is 26.9. The van der Waals surface area contributed by atoms with E-state index in [1.807, 2.05) is 42.2 Å². The molecule has 0 spiro atoms. The maximum absolute atomic E-state index is 13.6. The Hall–Kier alpha value is -3.26. The molecule has 1 aliphatic rings. The van der Waals surface area contributed by atoms with Crippen LogP contribution in [-0.2, 0) is 4.74 Å². The predicted octanol–water partition coefficient (Wildman–Crippen LogP) is 6.13. The van der Waals surface area contributed by atoms with Crippen molar-refractivity contribution in [2.24, 2.45) is 0 Å². The number of hydrogen-bond acceptors (Lipinski definition) is 5. The van der Waals surface area contributed by atoms with Gasteiger partial charge in [-0.25, -0.2) is 4.79 Å². The molecule has 1 heterocycles. The van der Waals surface area contributed by atoms with Crippen LogP contribution >= 0.6 is 11.8 Å². The van der Waals surface area contributed by atoms with Gasteiger partial charge in [0.1, 0.15) is 5.75 Å². The first-order chi connectivity index (χ1) is 19.0. The fourth-order valence-corrected chi connectivity index (χ4v) is 5.57. The molecular weight excluding hydrogens is 506 g/mol. The van der Waals surface area contributed by atoms with E-state index >= 15 is 0 Å². The monoisotopic (exact) mass is 545 g/mol. The number of ether oxygens (including phenoxy) is 2. The summed E-state index contributed by atoms with van der Waals surface area (Å²) in [5.41, 5.74) is 3.62. The minimum absolute atomic E-state index is 0.124. The van der Waals surface area contributed by atoms with E-state index < -0.39 is 0 Å². The molecule has 0 atom stereocenters. The Morgan fingerprint density at radius 3 is 2.28 bits per heavy atom. The molecule has 1 N–H and O–H groups in total. The van der Waals surface area contributed by atoms with Gasteiger partial charge < -0.3 is 19.7 Å². The predicted molar refractivity (Wildman–Crippen MR) is 159 cm³/mol. The second kappa shape index (κ2) is 14.8. The largest absolute Gasteiger partial charge is 0.497 e. The Balaban J connectivity index is 1.46. The van der Waals surface area contributed by atoms with Crippen molar-refractivity contribution in [2.45, 2.75) is 24.2 Å². The molecule has 1 aliphatic heterocycles. The number of aryl methyl sites for hydroxylation is 1. The lowest BCUT2D eigenvalue weighted by Gasteiger charge is -2.31. The van der Waals surface area contributed by atoms with E-state index in [9.17, 15) is 4.79 Å². The number of benzene rings is 3. The van der Waals surface area contributed by atoms with Gasteiger partial charge in [0, 0.05) is 43.5 Å². The number of methoxy groups -OCH3 is 1. The summed E-state index contributed by atoms with van der Waals surface area (Å²) < 4.78 is 10.9. The number of morpholine rings is 1. The molecule has 0 aliphatic carbocycles. The molecular formula is C32H39N3O3S. The highest BCUT2D eigenvalue weighted by molar-refractivity contribution is 8.03. The zero-order valence-corrected chi connectivity index (χ0v) is 23.8. The number of rotatable bonds is 12. The summed E-state index contributed by atoms with van der Waals surface area (Å²) >= 11 is 1.45. The molecule has 206 valence electrons. The fraction of sp³-hybridized carbons (Fsp3) is 0.344. The molecule has 1 saturated heterocycles. The molecule has 6 nitrogen and oxygen atoms in total. The second-order valence-electron chi connectivity index (χ2n) is 9.69. The molecule has 2 amide bonds. The Morgan fingerprint density at radius 2 is 1.67 bits per heavy atom. The SMILES string of the molecule is C=C(NC(=O)N(CCC(c1ccccc1)c1ccccc1)CCN1CCOCC1)Sc1cc(OC)ccc1C. The summed E-state index contributed by atoms with van der Waals surface area (Å²) in [5.74, 6) is 0.977. The second-order valence-corrected chi connectivity index (χ2v) is 10.8. The number of nitrogens with one attached hydrogen (secondary N) is 1. The molecule has 39 heavy (non-hydrogen) atoms. The third kappa shape index (κ3) is 8.62. The van der Waals surface area contributed by atoms with Crippen molar-refractivity contribution in [2.75, 3.05) is 53.0 Å². The van der Waals surface area contributed by atoms with Crippen LogP contribution < -0.4 is 10.1 Å². The lowest BCUT2D eigenvalue weighted by atomic mass is 9.88. The summed E-state index contributed by atoms with van der Waals surface area (Å²) in [5, 5.41) is 3.65. The molecule has 1 fully saturated rings. The summed E-state index contributed by atoms with van der Waals surface area (Å²) in [7, 11) is 1.65. The average Bonchev–Trinajstić information content (AvgIpc) is 2.97. The third-order valence-electron chi connectivity index (χ3n) is 7.04. The summed E-state index contributed by atoms with van der Waals surface area (Å²) in [6.07, 6.45) is 0.819. The molecule has 7 heteroatoms. The molecule has 3 aromatic carbocycles. The molecule has 0 bridgehead atoms. The van der Waals surface area contributed by atoms with Crippen LogP contribution in [0.5, 0.6) is 5.75 Å². The quantitative estimate of drug-likeness (QED) is 0.278. The number of urea groups is 1. The van der Waals surface area contributed by atoms with Gasteiger partial charge in [-0.05, 0) is 42.2 Å². The van der Waals surface area contributed by atoms with Crippen LogP contribution in [-0.4, -0.2) is 68.9 Å². The molecule has 0 saturated carbocycles. The van der Waals surface area contributed by atoms with Gasteiger partial charge >= 0.3 is 6.03 Å². The molecule has 0 unspecified atom stereocenters. The average molecular weight is 546 g/mol. The van der Waals surface area contributed by atoms with E-state index in [0.717, 1.165) is 55.5 Å². The van der Waals surface area contributed by atoms with Gasteiger partial charge in [0.2, 0.25) is 0 Å². The zero-order valence-electron chi connectivity index (χ0n) is 23.0. The highest BCUT2D eigenvalue weighted by Gasteiger charge is 2.21. The van der Waals surface area contributed by atoms with E-state index in [4.69, 9.17) is 9.47 Å². The van der Waals surface area contributed by atoms with E-state index in [2.05, 4.69) is 65.3 Å². The van der Waals surface area contributed by atoms with Crippen LogP contribution in [0.15, 0.2) is 95.4 Å². The number of carbonyl (C=O) groups excluding carboxylic acids is 1. The van der Waals surface area contributed by atoms with Crippen LogP contribution in [0.25, 0.3) is 0 Å². The van der Waals surface area contributed by atoms with E-state index in [0.29, 0.717) is 18.1 Å². The van der Waals surface area contributed by atoms with Gasteiger partial charge in [0.25, 0.3) is 0 Å². The number of nitrogens with zero attached hydrogens (tertiary/aromatic N) is 2. The van der Waals surface area contributed by atoms with Gasteiger partial charge in [-0.2, -0.15) is 0 Å². The van der Waals surface area contributed by atoms with Crippen LogP contribution in [0.3, 0.4) is 0 Å². The minimum atomic E-state index is -0.124. The van der Waals surface area contributed by atoms with Gasteiger partial charge in [0.05, 0.1) is 25.4 Å². The molecule has 0 radical (unpaired) electrons. The summed E-state index contributed by atoms with van der Waals surface area (Å²) in [6.45, 7) is 11.5. The lowest BCUT2D eigenvalue weighted by Crippen LogP contribution is -2.46. The van der Waals surface area contributed by atoms with Crippen molar-refractivity contribution in [1.82, 2.24) is 15.1 Å². The maximum Gasteiger partial charge on any atom is 0.322 e. The Kier molecular flexibility index (Phi) is 10.9. The normalized spacial score (nSPS) is 13.7. The van der Waals surface area contributed by atoms with Crippen molar-refractivity contribution < 1.29 is 14.3 Å². The van der Waals surface area contributed by atoms with Crippen molar-refractivity contribution >= 4 is 17.8 Å². The first-order valence-electron chi connectivity index (χ1n) is 13.5. The van der Waals surface area contributed by atoms with E-state index in [1.54, 1.807) is 7.11 Å². The topological polar surface area (TPSA) is 54.0 Å². The van der Waals surface area contributed by atoms with Crippen molar-refractivity contribution in [1.29, 1.82) is 0 Å².